The summed E-state index contributed by atoms with van der Waals surface area (Å²) in [5, 5.41) is 9.26. The Labute approximate surface area is 129 Å². The maximum Gasteiger partial charge on any atom is 0.0674 e. The van der Waals surface area contributed by atoms with E-state index in [2.05, 4.69) is 30.5 Å². The normalized spacial score (nSPS) is 12.6. The fraction of sp³-hybridized carbons (Fsp3) is 0.400. The molecule has 0 bridgehead atoms. The van der Waals surface area contributed by atoms with Gasteiger partial charge in [0.05, 0.1) is 12.7 Å². The number of hydrogen-bond donors (Lipinski definition) is 1. The predicted octanol–water partition coefficient (Wildman–Crippen LogP) is 4.30. The molecule has 2 rings (SSSR count). The maximum atomic E-state index is 6.18. The van der Waals surface area contributed by atoms with Gasteiger partial charge in [-0.2, -0.15) is 5.10 Å². The van der Waals surface area contributed by atoms with Crippen LogP contribution in [0.3, 0.4) is 0 Å². The monoisotopic (exact) mass is 311 g/mol. The van der Waals surface area contributed by atoms with E-state index in [0.29, 0.717) is 22.6 Å². The van der Waals surface area contributed by atoms with E-state index < -0.39 is 0 Å². The van der Waals surface area contributed by atoms with Crippen molar-refractivity contribution in [2.45, 2.75) is 32.9 Å². The smallest absolute Gasteiger partial charge is 0.0674 e. The molecule has 0 saturated carbocycles. The SMILES string of the molecule is CCNC(CC)c1cnn(Cc2cc(Cl)ccc2Cl)c1. The van der Waals surface area contributed by atoms with Crippen LogP contribution in [0.15, 0.2) is 30.6 Å². The Morgan fingerprint density at radius 2 is 2.10 bits per heavy atom. The van der Waals surface area contributed by atoms with Crippen LogP contribution in [-0.2, 0) is 6.54 Å². The van der Waals surface area contributed by atoms with E-state index in [4.69, 9.17) is 23.2 Å². The summed E-state index contributed by atoms with van der Waals surface area (Å²) >= 11 is 12.2. The average molecular weight is 312 g/mol. The van der Waals surface area contributed by atoms with E-state index in [0.717, 1.165) is 18.5 Å². The lowest BCUT2D eigenvalue weighted by molar-refractivity contribution is 0.536. The molecule has 1 aromatic heterocycles. The van der Waals surface area contributed by atoms with Crippen LogP contribution in [0.2, 0.25) is 10.0 Å². The first-order chi connectivity index (χ1) is 9.63. The van der Waals surface area contributed by atoms with E-state index >= 15 is 0 Å². The fourth-order valence-electron chi connectivity index (χ4n) is 2.23. The molecule has 0 aliphatic carbocycles. The van der Waals surface area contributed by atoms with Crippen molar-refractivity contribution in [1.82, 2.24) is 15.1 Å². The van der Waals surface area contributed by atoms with Crippen LogP contribution in [-0.4, -0.2) is 16.3 Å². The van der Waals surface area contributed by atoms with Crippen molar-refractivity contribution in [3.05, 3.63) is 51.8 Å². The van der Waals surface area contributed by atoms with Gasteiger partial charge >= 0.3 is 0 Å². The van der Waals surface area contributed by atoms with Gasteiger partial charge in [-0.25, -0.2) is 0 Å². The highest BCUT2D eigenvalue weighted by Crippen LogP contribution is 2.22. The molecule has 1 N–H and O–H groups in total. The Morgan fingerprint density at radius 1 is 1.30 bits per heavy atom. The lowest BCUT2D eigenvalue weighted by Crippen LogP contribution is -2.19. The van der Waals surface area contributed by atoms with Gasteiger partial charge in [-0.15, -0.1) is 0 Å². The Morgan fingerprint density at radius 3 is 2.80 bits per heavy atom. The lowest BCUT2D eigenvalue weighted by atomic mass is 10.1. The van der Waals surface area contributed by atoms with Gasteiger partial charge < -0.3 is 5.32 Å². The Balaban J connectivity index is 2.14. The van der Waals surface area contributed by atoms with Crippen LogP contribution < -0.4 is 5.32 Å². The summed E-state index contributed by atoms with van der Waals surface area (Å²) in [6.07, 6.45) is 5.01. The van der Waals surface area contributed by atoms with E-state index in [-0.39, 0.29) is 0 Å². The van der Waals surface area contributed by atoms with Crippen molar-refractivity contribution in [1.29, 1.82) is 0 Å². The van der Waals surface area contributed by atoms with Crippen LogP contribution in [0.25, 0.3) is 0 Å². The largest absolute Gasteiger partial charge is 0.310 e. The Kier molecular flexibility index (Phi) is 5.46. The van der Waals surface area contributed by atoms with Gasteiger partial charge in [-0.05, 0) is 36.7 Å². The maximum absolute atomic E-state index is 6.18. The number of nitrogens with zero attached hydrogens (tertiary/aromatic N) is 2. The molecule has 1 unspecified atom stereocenters. The average Bonchev–Trinajstić information content (AvgIpc) is 2.88. The van der Waals surface area contributed by atoms with Gasteiger partial charge in [0, 0.05) is 27.8 Å². The lowest BCUT2D eigenvalue weighted by Gasteiger charge is -2.13. The minimum Gasteiger partial charge on any atom is -0.310 e. The summed E-state index contributed by atoms with van der Waals surface area (Å²) in [5.74, 6) is 0. The van der Waals surface area contributed by atoms with Crippen molar-refractivity contribution in [2.24, 2.45) is 0 Å². The molecule has 0 radical (unpaired) electrons. The van der Waals surface area contributed by atoms with Crippen LogP contribution in [0.1, 0.15) is 37.4 Å². The number of halogens is 2. The molecule has 20 heavy (non-hydrogen) atoms. The predicted molar refractivity (Wildman–Crippen MR) is 84.5 cm³/mol. The van der Waals surface area contributed by atoms with Crippen LogP contribution in [0, 0.1) is 0 Å². The molecule has 108 valence electrons. The second kappa shape index (κ2) is 7.11. The van der Waals surface area contributed by atoms with E-state index in [1.54, 1.807) is 6.07 Å². The quantitative estimate of drug-likeness (QED) is 0.862. The summed E-state index contributed by atoms with van der Waals surface area (Å²) in [4.78, 5) is 0. The van der Waals surface area contributed by atoms with Crippen molar-refractivity contribution in [2.75, 3.05) is 6.54 Å². The third-order valence-electron chi connectivity index (χ3n) is 3.25. The molecule has 0 spiro atoms. The number of benzene rings is 1. The second-order valence-electron chi connectivity index (χ2n) is 4.73. The summed E-state index contributed by atoms with van der Waals surface area (Å²) < 4.78 is 1.90. The van der Waals surface area contributed by atoms with Gasteiger partial charge in [-0.1, -0.05) is 37.0 Å². The number of aromatic nitrogens is 2. The summed E-state index contributed by atoms with van der Waals surface area (Å²) in [5.41, 5.74) is 2.18. The highest BCUT2D eigenvalue weighted by molar-refractivity contribution is 6.33. The summed E-state index contributed by atoms with van der Waals surface area (Å²) in [7, 11) is 0. The molecule has 5 heteroatoms. The highest BCUT2D eigenvalue weighted by atomic mass is 35.5. The Bertz CT molecular complexity index is 566. The third kappa shape index (κ3) is 3.75. The van der Waals surface area contributed by atoms with Gasteiger partial charge in [0.15, 0.2) is 0 Å². The zero-order chi connectivity index (χ0) is 14.5. The van der Waals surface area contributed by atoms with Crippen LogP contribution in [0.5, 0.6) is 0 Å². The third-order valence-corrected chi connectivity index (χ3v) is 3.86. The number of nitrogens with one attached hydrogen (secondary N) is 1. The van der Waals surface area contributed by atoms with E-state index in [1.807, 2.05) is 23.0 Å². The molecule has 0 amide bonds. The van der Waals surface area contributed by atoms with Gasteiger partial charge in [0.25, 0.3) is 0 Å². The molecule has 1 heterocycles. The Hall–Kier alpha value is -1.03. The first-order valence-corrected chi connectivity index (χ1v) is 7.59. The standard InChI is InChI=1S/C15H19Cl2N3/c1-3-15(18-4-2)12-8-19-20(10-12)9-11-7-13(16)5-6-14(11)17/h5-8,10,15,18H,3-4,9H2,1-2H3. The zero-order valence-corrected chi connectivity index (χ0v) is 13.2. The van der Waals surface area contributed by atoms with E-state index in [9.17, 15) is 0 Å². The number of hydrogen-bond acceptors (Lipinski definition) is 2. The molecule has 0 saturated heterocycles. The molecule has 3 nitrogen and oxygen atoms in total. The number of rotatable bonds is 6. The van der Waals surface area contributed by atoms with Crippen LogP contribution in [0.4, 0.5) is 0 Å². The fourth-order valence-corrected chi connectivity index (χ4v) is 2.60. The molecular formula is C15H19Cl2N3. The molecule has 0 fully saturated rings. The van der Waals surface area contributed by atoms with Crippen LogP contribution >= 0.6 is 23.2 Å². The minimum atomic E-state index is 0.351. The molecular weight excluding hydrogens is 293 g/mol. The topological polar surface area (TPSA) is 29.9 Å². The molecule has 2 aromatic rings. The first-order valence-electron chi connectivity index (χ1n) is 6.83. The van der Waals surface area contributed by atoms with Gasteiger partial charge in [-0.3, -0.25) is 4.68 Å². The molecule has 1 atom stereocenters. The van der Waals surface area contributed by atoms with Gasteiger partial charge in [0.1, 0.15) is 0 Å². The molecule has 1 aromatic carbocycles. The molecule has 0 aliphatic rings. The molecule has 0 aliphatic heterocycles. The summed E-state index contributed by atoms with van der Waals surface area (Å²) in [6.45, 7) is 5.85. The zero-order valence-electron chi connectivity index (χ0n) is 11.7. The van der Waals surface area contributed by atoms with Crippen molar-refractivity contribution >= 4 is 23.2 Å². The first kappa shape index (κ1) is 15.4. The van der Waals surface area contributed by atoms with Crippen molar-refractivity contribution in [3.63, 3.8) is 0 Å². The van der Waals surface area contributed by atoms with Crippen molar-refractivity contribution < 1.29 is 0 Å². The van der Waals surface area contributed by atoms with E-state index in [1.165, 1.54) is 5.56 Å². The van der Waals surface area contributed by atoms with Crippen molar-refractivity contribution in [3.8, 4) is 0 Å². The highest BCUT2D eigenvalue weighted by Gasteiger charge is 2.11. The second-order valence-corrected chi connectivity index (χ2v) is 5.57. The summed E-state index contributed by atoms with van der Waals surface area (Å²) in [6, 6.07) is 5.84. The minimum absolute atomic E-state index is 0.351. The van der Waals surface area contributed by atoms with Gasteiger partial charge in [0.2, 0.25) is 0 Å².